The van der Waals surface area contributed by atoms with Gasteiger partial charge in [0.05, 0.1) is 12.1 Å². The molecular formula is C30H26F4N4O3. The van der Waals surface area contributed by atoms with Gasteiger partial charge in [-0.15, -0.1) is 0 Å². The number of nitrogens with one attached hydrogen (secondary N) is 1. The number of aromatic nitrogens is 1. The average molecular weight is 567 g/mol. The average Bonchev–Trinajstić information content (AvgIpc) is 3.38. The zero-order valence-electron chi connectivity index (χ0n) is 21.7. The molecule has 212 valence electrons. The smallest absolute Gasteiger partial charge is 0.420 e. The molecule has 3 heterocycles. The molecule has 2 aromatic carbocycles. The highest BCUT2D eigenvalue weighted by Gasteiger charge is 2.35. The first kappa shape index (κ1) is 27.9. The molecule has 1 aliphatic rings. The number of rotatable bonds is 6. The van der Waals surface area contributed by atoms with Crippen LogP contribution in [0.25, 0.3) is 28.2 Å². The molecule has 3 N–H and O–H groups in total. The summed E-state index contributed by atoms with van der Waals surface area (Å²) < 4.78 is 60.9. The molecule has 41 heavy (non-hydrogen) atoms. The van der Waals surface area contributed by atoms with E-state index >= 15 is 0 Å². The van der Waals surface area contributed by atoms with Gasteiger partial charge >= 0.3 is 6.18 Å². The Balaban J connectivity index is 1.34. The molecule has 0 aliphatic carbocycles. The minimum absolute atomic E-state index is 0.124. The maximum Gasteiger partial charge on any atom is 0.420 e. The Labute approximate surface area is 232 Å². The van der Waals surface area contributed by atoms with E-state index in [2.05, 4.69) is 10.3 Å². The summed E-state index contributed by atoms with van der Waals surface area (Å²) in [5.41, 5.74) is 6.05. The number of likely N-dealkylation sites (tertiary alicyclic amines) is 1. The van der Waals surface area contributed by atoms with Crippen LogP contribution >= 0.6 is 0 Å². The molecule has 5 rings (SSSR count). The van der Waals surface area contributed by atoms with Gasteiger partial charge < -0.3 is 20.4 Å². The number of furan rings is 1. The lowest BCUT2D eigenvalue weighted by atomic mass is 9.99. The van der Waals surface area contributed by atoms with Crippen molar-refractivity contribution in [3.8, 4) is 11.1 Å². The molecule has 1 aliphatic heterocycles. The van der Waals surface area contributed by atoms with E-state index in [1.54, 1.807) is 47.4 Å². The van der Waals surface area contributed by atoms with Crippen LogP contribution in [0.15, 0.2) is 71.3 Å². The van der Waals surface area contributed by atoms with Crippen LogP contribution in [0.1, 0.15) is 40.1 Å². The van der Waals surface area contributed by atoms with Gasteiger partial charge in [-0.1, -0.05) is 12.1 Å². The molecule has 1 saturated heterocycles. The Morgan fingerprint density at radius 2 is 1.78 bits per heavy atom. The van der Waals surface area contributed by atoms with Crippen LogP contribution in [0.3, 0.4) is 0 Å². The van der Waals surface area contributed by atoms with Crippen LogP contribution in [0.2, 0.25) is 0 Å². The fraction of sp³-hybridized carbons (Fsp3) is 0.233. The number of fused-ring (bicyclic) bond motifs is 1. The predicted octanol–water partition coefficient (Wildman–Crippen LogP) is 6.00. The summed E-state index contributed by atoms with van der Waals surface area (Å²) in [4.78, 5) is 30.5. The van der Waals surface area contributed by atoms with Crippen LogP contribution in [-0.4, -0.2) is 41.0 Å². The third-order valence-electron chi connectivity index (χ3n) is 6.82. The standard InChI is InChI=1S/C30H26F4N4O3/c31-23-9-11-38(12-10-23)29(40)20-5-3-19(4-6-20)21-13-22-14-24(41-28(22)25(15-21)30(32,33)34)17-37-27(39)8-2-18-1-7-26(35)36-16-18/h1-8,13-16,23H,9-12,17H2,(H2,35,36)(H,37,39)/b8-2+. The molecule has 0 bridgehead atoms. The fourth-order valence-corrected chi connectivity index (χ4v) is 4.63. The Bertz CT molecular complexity index is 1590. The van der Waals surface area contributed by atoms with Gasteiger partial charge in [-0.25, -0.2) is 9.37 Å². The van der Waals surface area contributed by atoms with Crippen molar-refractivity contribution >= 4 is 34.7 Å². The Morgan fingerprint density at radius 3 is 2.44 bits per heavy atom. The summed E-state index contributed by atoms with van der Waals surface area (Å²) >= 11 is 0. The van der Waals surface area contributed by atoms with Crippen LogP contribution in [0.5, 0.6) is 0 Å². The monoisotopic (exact) mass is 566 g/mol. The summed E-state index contributed by atoms with van der Waals surface area (Å²) in [6.45, 7) is 0.529. The summed E-state index contributed by atoms with van der Waals surface area (Å²) in [6.07, 6.45) is -0.728. The van der Waals surface area contributed by atoms with Gasteiger partial charge in [0.2, 0.25) is 5.91 Å². The number of benzene rings is 2. The number of carbonyl (C=O) groups excluding carboxylic acids is 2. The van der Waals surface area contributed by atoms with E-state index in [4.69, 9.17) is 10.2 Å². The normalized spacial score (nSPS) is 14.6. The first-order valence-electron chi connectivity index (χ1n) is 12.9. The third-order valence-corrected chi connectivity index (χ3v) is 6.82. The number of carbonyl (C=O) groups is 2. The van der Waals surface area contributed by atoms with E-state index in [0.717, 1.165) is 6.07 Å². The minimum atomic E-state index is -4.69. The molecule has 0 spiro atoms. The zero-order valence-corrected chi connectivity index (χ0v) is 21.7. The van der Waals surface area contributed by atoms with Crippen LogP contribution in [0, 0.1) is 0 Å². The SMILES string of the molecule is Nc1ccc(/C=C/C(=O)NCc2cc3cc(-c4ccc(C(=O)N5CCC(F)CC5)cc4)cc(C(F)(F)F)c3o2)cn1. The van der Waals surface area contributed by atoms with Crippen molar-refractivity contribution in [2.24, 2.45) is 0 Å². The summed E-state index contributed by atoms with van der Waals surface area (Å²) in [5, 5.41) is 2.81. The van der Waals surface area contributed by atoms with Gasteiger partial charge in [-0.05, 0) is 78.1 Å². The van der Waals surface area contributed by atoms with E-state index in [9.17, 15) is 27.2 Å². The highest BCUT2D eigenvalue weighted by molar-refractivity contribution is 5.95. The third kappa shape index (κ3) is 6.56. The van der Waals surface area contributed by atoms with Crippen molar-refractivity contribution in [2.45, 2.75) is 31.7 Å². The number of nitrogen functional groups attached to an aromatic ring is 1. The highest BCUT2D eigenvalue weighted by Crippen LogP contribution is 2.39. The molecule has 7 nitrogen and oxygen atoms in total. The van der Waals surface area contributed by atoms with Crippen molar-refractivity contribution in [3.05, 3.63) is 89.3 Å². The second-order valence-electron chi connectivity index (χ2n) is 9.76. The van der Waals surface area contributed by atoms with E-state index < -0.39 is 23.8 Å². The summed E-state index contributed by atoms with van der Waals surface area (Å²) in [5.74, 6) is -0.216. The molecule has 1 fully saturated rings. The maximum atomic E-state index is 14.0. The van der Waals surface area contributed by atoms with E-state index in [1.807, 2.05) is 0 Å². The molecule has 2 amide bonds. The predicted molar refractivity (Wildman–Crippen MR) is 146 cm³/mol. The number of halogens is 4. The van der Waals surface area contributed by atoms with E-state index in [-0.39, 0.29) is 29.2 Å². The maximum absolute atomic E-state index is 14.0. The Hall–Kier alpha value is -4.67. The minimum Gasteiger partial charge on any atom is -0.459 e. The summed E-state index contributed by atoms with van der Waals surface area (Å²) in [6, 6.07) is 13.6. The quantitative estimate of drug-likeness (QED) is 0.220. The first-order valence-corrected chi connectivity index (χ1v) is 12.9. The van der Waals surface area contributed by atoms with Gasteiger partial charge in [-0.2, -0.15) is 13.2 Å². The number of amides is 2. The topological polar surface area (TPSA) is 101 Å². The molecule has 4 aromatic rings. The van der Waals surface area contributed by atoms with Gasteiger partial charge in [-0.3, -0.25) is 9.59 Å². The summed E-state index contributed by atoms with van der Waals surface area (Å²) in [7, 11) is 0. The number of hydrogen-bond acceptors (Lipinski definition) is 5. The Kier molecular flexibility index (Phi) is 7.78. The number of nitrogens with two attached hydrogens (primary N) is 1. The number of pyridine rings is 1. The zero-order chi connectivity index (χ0) is 29.1. The van der Waals surface area contributed by atoms with Crippen molar-refractivity contribution < 1.29 is 31.6 Å². The fourth-order valence-electron chi connectivity index (χ4n) is 4.63. The highest BCUT2D eigenvalue weighted by atomic mass is 19.4. The van der Waals surface area contributed by atoms with E-state index in [1.165, 1.54) is 24.4 Å². The van der Waals surface area contributed by atoms with Crippen LogP contribution < -0.4 is 11.1 Å². The lowest BCUT2D eigenvalue weighted by Gasteiger charge is -2.28. The molecular weight excluding hydrogens is 540 g/mol. The van der Waals surface area contributed by atoms with Gasteiger partial charge in [0.25, 0.3) is 5.91 Å². The molecule has 2 aromatic heterocycles. The van der Waals surface area contributed by atoms with Gasteiger partial charge in [0.15, 0.2) is 0 Å². The second kappa shape index (κ2) is 11.4. The number of hydrogen-bond donors (Lipinski definition) is 2. The second-order valence-corrected chi connectivity index (χ2v) is 9.76. The number of piperidine rings is 1. The van der Waals surface area contributed by atoms with E-state index in [0.29, 0.717) is 54.0 Å². The van der Waals surface area contributed by atoms with Crippen molar-refractivity contribution in [2.75, 3.05) is 18.8 Å². The Morgan fingerprint density at radius 1 is 1.05 bits per heavy atom. The first-order chi connectivity index (χ1) is 19.6. The van der Waals surface area contributed by atoms with Crippen molar-refractivity contribution in [1.82, 2.24) is 15.2 Å². The lowest BCUT2D eigenvalue weighted by Crippen LogP contribution is -2.39. The van der Waals surface area contributed by atoms with Crippen LogP contribution in [-0.2, 0) is 17.5 Å². The molecule has 11 heteroatoms. The molecule has 0 radical (unpaired) electrons. The lowest BCUT2D eigenvalue weighted by molar-refractivity contribution is -0.136. The molecule has 0 unspecified atom stereocenters. The molecule has 0 atom stereocenters. The number of anilines is 1. The van der Waals surface area contributed by atoms with Crippen molar-refractivity contribution in [1.29, 1.82) is 0 Å². The largest absolute Gasteiger partial charge is 0.459 e. The van der Waals surface area contributed by atoms with Crippen molar-refractivity contribution in [3.63, 3.8) is 0 Å². The van der Waals surface area contributed by atoms with Gasteiger partial charge in [0, 0.05) is 36.3 Å². The number of alkyl halides is 4. The van der Waals surface area contributed by atoms with Crippen LogP contribution in [0.4, 0.5) is 23.4 Å². The van der Waals surface area contributed by atoms with Gasteiger partial charge in [0.1, 0.15) is 23.3 Å². The number of nitrogens with zero attached hydrogens (tertiary/aromatic N) is 2. The molecule has 0 saturated carbocycles.